The number of nitrogens with zero attached hydrogens (tertiary/aromatic N) is 3. The van der Waals surface area contributed by atoms with Gasteiger partial charge in [0.05, 0.1) is 0 Å². The van der Waals surface area contributed by atoms with Crippen LogP contribution in [0.1, 0.15) is 12.8 Å². The molecule has 0 amide bonds. The van der Waals surface area contributed by atoms with Crippen LogP contribution in [-0.4, -0.2) is 34.3 Å². The number of anilines is 1. The number of benzene rings is 1. The third-order valence-electron chi connectivity index (χ3n) is 3.48. The highest BCUT2D eigenvalue weighted by Gasteiger charge is 2.20. The van der Waals surface area contributed by atoms with Gasteiger partial charge < -0.3 is 10.6 Å². The molecule has 1 aliphatic heterocycles. The van der Waals surface area contributed by atoms with Crippen molar-refractivity contribution >= 4 is 21.9 Å². The van der Waals surface area contributed by atoms with Gasteiger partial charge in [-0.3, -0.25) is 5.10 Å². The second-order valence-electron chi connectivity index (χ2n) is 4.93. The van der Waals surface area contributed by atoms with E-state index in [1.165, 1.54) is 12.1 Å². The summed E-state index contributed by atoms with van der Waals surface area (Å²) in [5.74, 6) is 0.898. The largest absolute Gasteiger partial charge is 0.339 e. The molecule has 0 atom stereocenters. The standard InChI is InChI=1S/C13H15BrFN5/c14-11-2-1-8(15)7-10(11)12-17-13(19-18-12)20-5-3-9(16)4-6-20/h1-2,7,9H,3-6,16H2,(H,17,18,19). The smallest absolute Gasteiger partial charge is 0.245 e. The number of hydrogen-bond donors (Lipinski definition) is 2. The van der Waals surface area contributed by atoms with Gasteiger partial charge in [0.15, 0.2) is 5.82 Å². The van der Waals surface area contributed by atoms with Gasteiger partial charge in [-0.25, -0.2) is 4.39 Å². The predicted octanol–water partition coefficient (Wildman–Crippen LogP) is 2.30. The van der Waals surface area contributed by atoms with Crippen LogP contribution in [0.2, 0.25) is 0 Å². The number of aromatic amines is 1. The average Bonchev–Trinajstić information content (AvgIpc) is 2.92. The summed E-state index contributed by atoms with van der Waals surface area (Å²) in [6.45, 7) is 1.70. The molecule has 7 heteroatoms. The fraction of sp³-hybridized carbons (Fsp3) is 0.385. The Morgan fingerprint density at radius 1 is 1.35 bits per heavy atom. The summed E-state index contributed by atoms with van der Waals surface area (Å²) < 4.78 is 14.1. The van der Waals surface area contributed by atoms with E-state index in [-0.39, 0.29) is 11.9 Å². The van der Waals surface area contributed by atoms with Gasteiger partial charge in [0, 0.05) is 29.2 Å². The SMILES string of the molecule is NC1CCN(c2n[nH]c(-c3cc(F)ccc3Br)n2)CC1. The Hall–Kier alpha value is -1.47. The zero-order valence-electron chi connectivity index (χ0n) is 10.8. The van der Waals surface area contributed by atoms with Gasteiger partial charge in [-0.15, -0.1) is 5.10 Å². The normalized spacial score (nSPS) is 16.6. The Morgan fingerprint density at radius 2 is 2.10 bits per heavy atom. The second kappa shape index (κ2) is 5.49. The second-order valence-corrected chi connectivity index (χ2v) is 5.79. The van der Waals surface area contributed by atoms with E-state index in [2.05, 4.69) is 36.0 Å². The Bertz CT molecular complexity index is 607. The van der Waals surface area contributed by atoms with E-state index in [0.29, 0.717) is 17.3 Å². The first-order chi connectivity index (χ1) is 9.63. The molecule has 20 heavy (non-hydrogen) atoms. The fourth-order valence-corrected chi connectivity index (χ4v) is 2.73. The van der Waals surface area contributed by atoms with E-state index in [4.69, 9.17) is 5.73 Å². The van der Waals surface area contributed by atoms with Crippen LogP contribution in [0.25, 0.3) is 11.4 Å². The molecule has 106 valence electrons. The number of halogens is 2. The lowest BCUT2D eigenvalue weighted by molar-refractivity contribution is 0.496. The number of piperidine rings is 1. The lowest BCUT2D eigenvalue weighted by Gasteiger charge is -2.28. The summed E-state index contributed by atoms with van der Waals surface area (Å²) in [6, 6.07) is 4.76. The molecule has 5 nitrogen and oxygen atoms in total. The number of nitrogens with two attached hydrogens (primary N) is 1. The van der Waals surface area contributed by atoms with Crippen molar-refractivity contribution in [3.63, 3.8) is 0 Å². The molecule has 2 aromatic rings. The summed E-state index contributed by atoms with van der Waals surface area (Å²) in [5, 5.41) is 7.09. The first kappa shape index (κ1) is 13.5. The number of hydrogen-bond acceptors (Lipinski definition) is 4. The number of rotatable bonds is 2. The number of nitrogens with one attached hydrogen (secondary N) is 1. The molecule has 0 spiro atoms. The monoisotopic (exact) mass is 339 g/mol. The van der Waals surface area contributed by atoms with Crippen molar-refractivity contribution in [2.75, 3.05) is 18.0 Å². The maximum absolute atomic E-state index is 13.3. The maximum Gasteiger partial charge on any atom is 0.245 e. The molecule has 0 saturated carbocycles. The lowest BCUT2D eigenvalue weighted by atomic mass is 10.1. The molecular weight excluding hydrogens is 325 g/mol. The van der Waals surface area contributed by atoms with Gasteiger partial charge in [-0.2, -0.15) is 4.98 Å². The van der Waals surface area contributed by atoms with E-state index in [9.17, 15) is 4.39 Å². The van der Waals surface area contributed by atoms with Crippen molar-refractivity contribution in [1.82, 2.24) is 15.2 Å². The third kappa shape index (κ3) is 2.69. The Labute approximate surface area is 124 Å². The highest BCUT2D eigenvalue weighted by atomic mass is 79.9. The Morgan fingerprint density at radius 3 is 2.85 bits per heavy atom. The maximum atomic E-state index is 13.3. The topological polar surface area (TPSA) is 70.8 Å². The minimum absolute atomic E-state index is 0.266. The zero-order valence-corrected chi connectivity index (χ0v) is 12.4. The molecule has 0 radical (unpaired) electrons. The van der Waals surface area contributed by atoms with Crippen LogP contribution in [-0.2, 0) is 0 Å². The minimum Gasteiger partial charge on any atom is -0.339 e. The zero-order chi connectivity index (χ0) is 14.1. The Kier molecular flexibility index (Phi) is 3.71. The van der Waals surface area contributed by atoms with Crippen LogP contribution in [0, 0.1) is 5.82 Å². The van der Waals surface area contributed by atoms with E-state index in [1.54, 1.807) is 6.07 Å². The van der Waals surface area contributed by atoms with Crippen LogP contribution in [0.5, 0.6) is 0 Å². The molecule has 1 saturated heterocycles. The van der Waals surface area contributed by atoms with E-state index in [0.717, 1.165) is 30.4 Å². The Balaban J connectivity index is 1.85. The molecule has 0 bridgehead atoms. The van der Waals surface area contributed by atoms with Gasteiger partial charge in [0.1, 0.15) is 5.82 Å². The average molecular weight is 340 g/mol. The van der Waals surface area contributed by atoms with Crippen LogP contribution in [0.3, 0.4) is 0 Å². The van der Waals surface area contributed by atoms with Crippen molar-refractivity contribution in [3.8, 4) is 11.4 Å². The first-order valence-electron chi connectivity index (χ1n) is 6.52. The van der Waals surface area contributed by atoms with Gasteiger partial charge in [0.25, 0.3) is 0 Å². The van der Waals surface area contributed by atoms with Crippen molar-refractivity contribution < 1.29 is 4.39 Å². The van der Waals surface area contributed by atoms with Gasteiger partial charge in [0.2, 0.25) is 5.95 Å². The van der Waals surface area contributed by atoms with Crippen molar-refractivity contribution in [1.29, 1.82) is 0 Å². The van der Waals surface area contributed by atoms with Crippen molar-refractivity contribution in [3.05, 3.63) is 28.5 Å². The molecule has 1 aromatic carbocycles. The van der Waals surface area contributed by atoms with Crippen LogP contribution in [0.4, 0.5) is 10.3 Å². The van der Waals surface area contributed by atoms with Crippen molar-refractivity contribution in [2.45, 2.75) is 18.9 Å². The number of aromatic nitrogens is 3. The van der Waals surface area contributed by atoms with Crippen molar-refractivity contribution in [2.24, 2.45) is 5.73 Å². The first-order valence-corrected chi connectivity index (χ1v) is 7.31. The lowest BCUT2D eigenvalue weighted by Crippen LogP contribution is -2.40. The molecule has 1 aliphatic rings. The van der Waals surface area contributed by atoms with E-state index in [1.807, 2.05) is 0 Å². The molecule has 3 rings (SSSR count). The summed E-state index contributed by atoms with van der Waals surface area (Å²) in [7, 11) is 0. The summed E-state index contributed by atoms with van der Waals surface area (Å²) in [4.78, 5) is 6.55. The fourth-order valence-electron chi connectivity index (χ4n) is 2.29. The molecule has 0 unspecified atom stereocenters. The van der Waals surface area contributed by atoms with E-state index < -0.39 is 0 Å². The van der Waals surface area contributed by atoms with Gasteiger partial charge in [-0.05, 0) is 31.0 Å². The summed E-state index contributed by atoms with van der Waals surface area (Å²) >= 11 is 3.40. The summed E-state index contributed by atoms with van der Waals surface area (Å²) in [5.41, 5.74) is 6.55. The minimum atomic E-state index is -0.301. The highest BCUT2D eigenvalue weighted by Crippen LogP contribution is 2.27. The van der Waals surface area contributed by atoms with Gasteiger partial charge in [-0.1, -0.05) is 15.9 Å². The summed E-state index contributed by atoms with van der Waals surface area (Å²) in [6.07, 6.45) is 1.88. The highest BCUT2D eigenvalue weighted by molar-refractivity contribution is 9.10. The number of H-pyrrole nitrogens is 1. The van der Waals surface area contributed by atoms with Gasteiger partial charge >= 0.3 is 0 Å². The van der Waals surface area contributed by atoms with Crippen LogP contribution in [0.15, 0.2) is 22.7 Å². The third-order valence-corrected chi connectivity index (χ3v) is 4.17. The van der Waals surface area contributed by atoms with Crippen LogP contribution < -0.4 is 10.6 Å². The van der Waals surface area contributed by atoms with Crippen LogP contribution >= 0.6 is 15.9 Å². The predicted molar refractivity (Wildman–Crippen MR) is 78.9 cm³/mol. The van der Waals surface area contributed by atoms with E-state index >= 15 is 0 Å². The molecular formula is C13H15BrFN5. The molecule has 3 N–H and O–H groups in total. The molecule has 1 aromatic heterocycles. The quantitative estimate of drug-likeness (QED) is 0.880. The molecule has 0 aliphatic carbocycles. The molecule has 1 fully saturated rings. The molecule has 2 heterocycles.